The van der Waals surface area contributed by atoms with Gasteiger partial charge in [0.2, 0.25) is 5.91 Å². The number of benzene rings is 2. The molecule has 0 spiro atoms. The molecule has 2 aromatic carbocycles. The van der Waals surface area contributed by atoms with Gasteiger partial charge in [-0.25, -0.2) is 9.59 Å². The second-order valence-electron chi connectivity index (χ2n) is 8.73. The van der Waals surface area contributed by atoms with E-state index in [0.29, 0.717) is 19.3 Å². The van der Waals surface area contributed by atoms with Crippen molar-refractivity contribution in [3.8, 4) is 11.1 Å². The number of hydrogen-bond donors (Lipinski definition) is 3. The zero-order chi connectivity index (χ0) is 24.5. The van der Waals surface area contributed by atoms with Crippen LogP contribution < -0.4 is 10.6 Å². The fourth-order valence-electron chi connectivity index (χ4n) is 4.49. The summed E-state index contributed by atoms with van der Waals surface area (Å²) in [5.41, 5.74) is 4.57. The van der Waals surface area contributed by atoms with Gasteiger partial charge in [-0.2, -0.15) is 0 Å². The van der Waals surface area contributed by atoms with Gasteiger partial charge >= 0.3 is 12.1 Å². The first-order valence-electron chi connectivity index (χ1n) is 12.1. The molecule has 0 heterocycles. The van der Waals surface area contributed by atoms with E-state index in [9.17, 15) is 19.5 Å². The van der Waals surface area contributed by atoms with Gasteiger partial charge in [0.05, 0.1) is 5.92 Å². The lowest BCUT2D eigenvalue weighted by atomic mass is 9.98. The van der Waals surface area contributed by atoms with Crippen molar-refractivity contribution in [2.24, 2.45) is 5.92 Å². The Balaban J connectivity index is 1.56. The minimum absolute atomic E-state index is 0.0391. The van der Waals surface area contributed by atoms with Crippen LogP contribution in [0, 0.1) is 5.92 Å². The average Bonchev–Trinajstić information content (AvgIpc) is 3.16. The van der Waals surface area contributed by atoms with E-state index in [2.05, 4.69) is 34.9 Å². The lowest BCUT2D eigenvalue weighted by Crippen LogP contribution is -2.46. The molecule has 7 nitrogen and oxygen atoms in total. The number of alkyl carbamates (subject to hydrolysis) is 1. The molecule has 1 unspecified atom stereocenters. The maximum Gasteiger partial charge on any atom is 0.407 e. The van der Waals surface area contributed by atoms with E-state index in [-0.39, 0.29) is 25.0 Å². The van der Waals surface area contributed by atoms with Crippen LogP contribution in [0.5, 0.6) is 0 Å². The van der Waals surface area contributed by atoms with Crippen molar-refractivity contribution in [1.82, 2.24) is 10.6 Å². The summed E-state index contributed by atoms with van der Waals surface area (Å²) >= 11 is 0. The molecule has 182 valence electrons. The Morgan fingerprint density at radius 3 is 2.12 bits per heavy atom. The third kappa shape index (κ3) is 6.16. The first-order valence-corrected chi connectivity index (χ1v) is 12.1. The quantitative estimate of drug-likeness (QED) is 0.421. The molecule has 7 heteroatoms. The predicted octanol–water partition coefficient (Wildman–Crippen LogP) is 4.70. The zero-order valence-electron chi connectivity index (χ0n) is 19.9. The highest BCUT2D eigenvalue weighted by Gasteiger charge is 2.29. The van der Waals surface area contributed by atoms with Crippen LogP contribution in [0.4, 0.5) is 4.79 Å². The Bertz CT molecular complexity index is 961. The Hall–Kier alpha value is -3.35. The number of carbonyl (C=O) groups excluding carboxylic acids is 2. The number of rotatable bonds is 12. The second-order valence-corrected chi connectivity index (χ2v) is 8.73. The summed E-state index contributed by atoms with van der Waals surface area (Å²) in [7, 11) is 0. The molecule has 2 aromatic rings. The normalized spacial score (nSPS) is 13.9. The number of aliphatic carboxylic acids is 1. The van der Waals surface area contributed by atoms with Gasteiger partial charge in [0.15, 0.2) is 0 Å². The summed E-state index contributed by atoms with van der Waals surface area (Å²) in [6.45, 7) is 4.21. The summed E-state index contributed by atoms with van der Waals surface area (Å²) in [4.78, 5) is 36.6. The number of nitrogens with one attached hydrogen (secondary N) is 2. The molecule has 34 heavy (non-hydrogen) atoms. The fourth-order valence-corrected chi connectivity index (χ4v) is 4.49. The predicted molar refractivity (Wildman–Crippen MR) is 131 cm³/mol. The number of carbonyl (C=O) groups is 3. The average molecular weight is 467 g/mol. The minimum Gasteiger partial charge on any atom is -0.480 e. The van der Waals surface area contributed by atoms with Crippen molar-refractivity contribution in [3.05, 3.63) is 59.7 Å². The summed E-state index contributed by atoms with van der Waals surface area (Å²) < 4.78 is 5.54. The van der Waals surface area contributed by atoms with E-state index >= 15 is 0 Å². The number of fused-ring (bicyclic) bond motifs is 3. The SMILES string of the molecule is CCCC[C@H](NC(=O)C(CCC)CNC(=O)OCC1c2ccccc2-c2ccccc21)C(=O)O. The van der Waals surface area contributed by atoms with Gasteiger partial charge in [0, 0.05) is 12.5 Å². The third-order valence-corrected chi connectivity index (χ3v) is 6.31. The van der Waals surface area contributed by atoms with Crippen molar-refractivity contribution in [2.75, 3.05) is 13.2 Å². The number of amides is 2. The number of hydrogen-bond acceptors (Lipinski definition) is 4. The van der Waals surface area contributed by atoms with Crippen LogP contribution in [-0.2, 0) is 14.3 Å². The largest absolute Gasteiger partial charge is 0.480 e. The van der Waals surface area contributed by atoms with Crippen molar-refractivity contribution in [1.29, 1.82) is 0 Å². The van der Waals surface area contributed by atoms with Crippen molar-refractivity contribution < 1.29 is 24.2 Å². The highest BCUT2D eigenvalue weighted by Crippen LogP contribution is 2.44. The van der Waals surface area contributed by atoms with E-state index in [1.54, 1.807) is 0 Å². The first-order chi connectivity index (χ1) is 16.5. The number of ether oxygens (including phenoxy) is 1. The van der Waals surface area contributed by atoms with Crippen LogP contribution in [-0.4, -0.2) is 42.3 Å². The van der Waals surface area contributed by atoms with Gasteiger partial charge in [0.25, 0.3) is 0 Å². The van der Waals surface area contributed by atoms with E-state index in [4.69, 9.17) is 4.74 Å². The molecular weight excluding hydrogens is 432 g/mol. The van der Waals surface area contributed by atoms with Crippen LogP contribution in [0.15, 0.2) is 48.5 Å². The lowest BCUT2D eigenvalue weighted by molar-refractivity contribution is -0.142. The summed E-state index contributed by atoms with van der Waals surface area (Å²) in [6.07, 6.45) is 2.63. The standard InChI is InChI=1S/C27H34N2O5/c1-3-5-15-24(26(31)32)29-25(30)18(10-4-2)16-28-27(33)34-17-23-21-13-8-6-11-19(21)20-12-7-9-14-22(20)23/h6-9,11-14,18,23-24H,3-5,10,15-17H2,1-2H3,(H,28,33)(H,29,30)(H,31,32)/t18?,24-/m0/s1. The summed E-state index contributed by atoms with van der Waals surface area (Å²) in [5, 5.41) is 14.7. The Kier molecular flexibility index (Phi) is 9.08. The summed E-state index contributed by atoms with van der Waals surface area (Å²) in [5.74, 6) is -1.96. The van der Waals surface area contributed by atoms with E-state index in [1.807, 2.05) is 38.1 Å². The fraction of sp³-hybridized carbons (Fsp3) is 0.444. The van der Waals surface area contributed by atoms with Crippen LogP contribution in [0.2, 0.25) is 0 Å². The highest BCUT2D eigenvalue weighted by atomic mass is 16.5. The molecule has 3 rings (SSSR count). The van der Waals surface area contributed by atoms with Crippen LogP contribution in [0.3, 0.4) is 0 Å². The molecule has 0 bridgehead atoms. The molecule has 0 fully saturated rings. The van der Waals surface area contributed by atoms with Gasteiger partial charge in [-0.1, -0.05) is 81.6 Å². The van der Waals surface area contributed by atoms with E-state index in [0.717, 1.165) is 35.1 Å². The second kappa shape index (κ2) is 12.2. The third-order valence-electron chi connectivity index (χ3n) is 6.31. The van der Waals surface area contributed by atoms with Gasteiger partial charge in [-0.05, 0) is 35.1 Å². The molecule has 2 atom stereocenters. The molecule has 1 aliphatic rings. The first kappa shape index (κ1) is 25.3. The Labute approximate surface area is 200 Å². The van der Waals surface area contributed by atoms with Gasteiger partial charge in [-0.15, -0.1) is 0 Å². The number of carboxylic acids is 1. The molecule has 1 aliphatic carbocycles. The molecule has 3 N–H and O–H groups in total. The van der Waals surface area contributed by atoms with Crippen LogP contribution in [0.25, 0.3) is 11.1 Å². The van der Waals surface area contributed by atoms with E-state index in [1.165, 1.54) is 0 Å². The summed E-state index contributed by atoms with van der Waals surface area (Å²) in [6, 6.07) is 15.3. The maximum absolute atomic E-state index is 12.7. The maximum atomic E-state index is 12.7. The topological polar surface area (TPSA) is 105 Å². The van der Waals surface area contributed by atoms with Gasteiger partial charge in [-0.3, -0.25) is 4.79 Å². The van der Waals surface area contributed by atoms with Gasteiger partial charge in [0.1, 0.15) is 12.6 Å². The molecule has 0 radical (unpaired) electrons. The molecular formula is C27H34N2O5. The van der Waals surface area contributed by atoms with Crippen LogP contribution >= 0.6 is 0 Å². The van der Waals surface area contributed by atoms with Crippen molar-refractivity contribution in [2.45, 2.75) is 57.9 Å². The minimum atomic E-state index is -1.04. The van der Waals surface area contributed by atoms with Crippen LogP contribution in [0.1, 0.15) is 63.0 Å². The molecule has 0 saturated carbocycles. The Morgan fingerprint density at radius 2 is 1.56 bits per heavy atom. The highest BCUT2D eigenvalue weighted by molar-refractivity contribution is 5.85. The number of carboxylic acid groups (broad SMARTS) is 1. The van der Waals surface area contributed by atoms with Crippen molar-refractivity contribution >= 4 is 18.0 Å². The molecule has 0 aromatic heterocycles. The Morgan fingerprint density at radius 1 is 0.941 bits per heavy atom. The van der Waals surface area contributed by atoms with Gasteiger partial charge < -0.3 is 20.5 Å². The monoisotopic (exact) mass is 466 g/mol. The van der Waals surface area contributed by atoms with E-state index < -0.39 is 24.0 Å². The molecule has 0 saturated heterocycles. The van der Waals surface area contributed by atoms with Crippen molar-refractivity contribution in [3.63, 3.8) is 0 Å². The zero-order valence-corrected chi connectivity index (χ0v) is 19.9. The molecule has 2 amide bonds. The molecule has 0 aliphatic heterocycles. The lowest BCUT2D eigenvalue weighted by Gasteiger charge is -2.21. The smallest absolute Gasteiger partial charge is 0.407 e. The number of unbranched alkanes of at least 4 members (excludes halogenated alkanes) is 1.